The number of amides is 3. The smallest absolute Gasteiger partial charge is 0.285 e. The van der Waals surface area contributed by atoms with Crippen LogP contribution in [0.4, 0.5) is 5.69 Å². The Labute approximate surface area is 240 Å². The van der Waals surface area contributed by atoms with E-state index in [-0.39, 0.29) is 16.8 Å². The number of hydrogen-bond acceptors (Lipinski definition) is 7. The minimum atomic E-state index is -0.491. The fourth-order valence-corrected chi connectivity index (χ4v) is 4.85. The van der Waals surface area contributed by atoms with Gasteiger partial charge in [0, 0.05) is 16.3 Å². The Bertz CT molecular complexity index is 1440. The zero-order valence-corrected chi connectivity index (χ0v) is 23.4. The number of nitrogens with one attached hydrogen (secondary N) is 2. The highest BCUT2D eigenvalue weighted by molar-refractivity contribution is 8.26. The van der Waals surface area contributed by atoms with Crippen molar-refractivity contribution in [2.45, 2.75) is 13.3 Å². The first-order valence-corrected chi connectivity index (χ1v) is 13.4. The number of anilines is 1. The number of methoxy groups -OCH3 is 1. The lowest BCUT2D eigenvalue weighted by molar-refractivity contribution is -0.123. The molecule has 200 valence electrons. The summed E-state index contributed by atoms with van der Waals surface area (Å²) in [6.45, 7) is 1.85. The molecule has 8 nitrogen and oxygen atoms in total. The van der Waals surface area contributed by atoms with Crippen LogP contribution >= 0.6 is 35.6 Å². The molecule has 2 N–H and O–H groups in total. The molecule has 0 saturated carbocycles. The first kappa shape index (κ1) is 28.2. The van der Waals surface area contributed by atoms with E-state index in [2.05, 4.69) is 17.7 Å². The van der Waals surface area contributed by atoms with E-state index in [9.17, 15) is 14.4 Å². The van der Waals surface area contributed by atoms with E-state index in [0.29, 0.717) is 38.2 Å². The van der Waals surface area contributed by atoms with Crippen molar-refractivity contribution in [1.29, 1.82) is 0 Å². The number of hydrogen-bond donors (Lipinski definition) is 2. The van der Waals surface area contributed by atoms with Gasteiger partial charge in [-0.3, -0.25) is 19.8 Å². The summed E-state index contributed by atoms with van der Waals surface area (Å²) < 4.78 is 11.3. The summed E-state index contributed by atoms with van der Waals surface area (Å²) >= 11 is 12.2. The van der Waals surface area contributed by atoms with Gasteiger partial charge in [-0.05, 0) is 84.4 Å². The second kappa shape index (κ2) is 12.8. The summed E-state index contributed by atoms with van der Waals surface area (Å²) in [4.78, 5) is 38.1. The number of hydrazine groups is 1. The molecule has 3 aromatic carbocycles. The SMILES string of the molecule is CCc1ccc(NC(=O)COc2ccc(/C=C3\SC(=S)N(NC(=O)c4ccc(Cl)cc4)C3=O)cc2OC)cc1. The standard InChI is InChI=1S/C28H24ClN3O5S2/c1-3-17-4-11-21(12-5-17)30-25(33)16-37-22-13-6-18(14-23(22)36-2)15-24-27(35)32(28(38)39-24)31-26(34)19-7-9-20(29)10-8-19/h4-15H,3,16H2,1-2H3,(H,30,33)(H,31,34)/b24-15-. The average molecular weight is 582 g/mol. The number of carbonyl (C=O) groups is 3. The van der Waals surface area contributed by atoms with Crippen molar-refractivity contribution in [2.24, 2.45) is 0 Å². The van der Waals surface area contributed by atoms with E-state index in [0.717, 1.165) is 23.2 Å². The van der Waals surface area contributed by atoms with Gasteiger partial charge in [0.2, 0.25) is 0 Å². The molecule has 0 bridgehead atoms. The predicted molar refractivity (Wildman–Crippen MR) is 157 cm³/mol. The summed E-state index contributed by atoms with van der Waals surface area (Å²) in [7, 11) is 1.48. The largest absolute Gasteiger partial charge is 0.493 e. The van der Waals surface area contributed by atoms with Crippen LogP contribution in [0.5, 0.6) is 11.5 Å². The van der Waals surface area contributed by atoms with Crippen molar-refractivity contribution in [2.75, 3.05) is 19.0 Å². The van der Waals surface area contributed by atoms with Crippen LogP contribution in [0.3, 0.4) is 0 Å². The molecule has 0 spiro atoms. The van der Waals surface area contributed by atoms with E-state index in [1.165, 1.54) is 12.7 Å². The number of halogens is 1. The molecule has 11 heteroatoms. The van der Waals surface area contributed by atoms with E-state index in [1.807, 2.05) is 24.3 Å². The van der Waals surface area contributed by atoms with Crippen LogP contribution in [0, 0.1) is 0 Å². The Kier molecular flexibility index (Phi) is 9.23. The predicted octanol–water partition coefficient (Wildman–Crippen LogP) is 5.47. The Balaban J connectivity index is 1.39. The molecular weight excluding hydrogens is 558 g/mol. The number of thiocarbonyl (C=S) groups is 1. The number of carbonyl (C=O) groups excluding carboxylic acids is 3. The van der Waals surface area contributed by atoms with Crippen molar-refractivity contribution in [3.05, 3.63) is 93.3 Å². The number of rotatable bonds is 9. The van der Waals surface area contributed by atoms with Gasteiger partial charge in [0.05, 0.1) is 12.0 Å². The number of nitrogens with zero attached hydrogens (tertiary/aromatic N) is 1. The third kappa shape index (κ3) is 7.17. The highest BCUT2D eigenvalue weighted by Gasteiger charge is 2.33. The van der Waals surface area contributed by atoms with Gasteiger partial charge in [-0.2, -0.15) is 5.01 Å². The van der Waals surface area contributed by atoms with Crippen LogP contribution in [0.2, 0.25) is 5.02 Å². The maximum atomic E-state index is 12.9. The molecule has 0 radical (unpaired) electrons. The fourth-order valence-electron chi connectivity index (χ4n) is 3.54. The molecule has 3 aromatic rings. The summed E-state index contributed by atoms with van der Waals surface area (Å²) in [5.41, 5.74) is 5.37. The molecule has 1 heterocycles. The molecule has 0 unspecified atom stereocenters. The van der Waals surface area contributed by atoms with E-state index >= 15 is 0 Å². The molecule has 1 saturated heterocycles. The molecule has 3 amide bonds. The van der Waals surface area contributed by atoms with Gasteiger partial charge in [0.25, 0.3) is 17.7 Å². The first-order chi connectivity index (χ1) is 18.8. The highest BCUT2D eigenvalue weighted by atomic mass is 35.5. The quantitative estimate of drug-likeness (QED) is 0.255. The maximum absolute atomic E-state index is 12.9. The van der Waals surface area contributed by atoms with Gasteiger partial charge in [0.1, 0.15) is 0 Å². The number of benzene rings is 3. The monoisotopic (exact) mass is 581 g/mol. The fraction of sp³-hybridized carbons (Fsp3) is 0.143. The third-order valence-electron chi connectivity index (χ3n) is 5.60. The lowest BCUT2D eigenvalue weighted by atomic mass is 10.1. The van der Waals surface area contributed by atoms with Crippen LogP contribution in [0.25, 0.3) is 6.08 Å². The number of thioether (sulfide) groups is 1. The first-order valence-electron chi connectivity index (χ1n) is 11.8. The van der Waals surface area contributed by atoms with Crippen LogP contribution in [0.15, 0.2) is 71.6 Å². The van der Waals surface area contributed by atoms with Gasteiger partial charge >= 0.3 is 0 Å². The Hall–Kier alpha value is -3.86. The second-order valence-corrected chi connectivity index (χ2v) is 10.4. The second-order valence-electron chi connectivity index (χ2n) is 8.26. The molecular formula is C28H24ClN3O5S2. The van der Waals surface area contributed by atoms with E-state index in [4.69, 9.17) is 33.3 Å². The topological polar surface area (TPSA) is 97.0 Å². The van der Waals surface area contributed by atoms with Crippen molar-refractivity contribution in [3.63, 3.8) is 0 Å². The van der Waals surface area contributed by atoms with Crippen molar-refractivity contribution in [1.82, 2.24) is 10.4 Å². The summed E-state index contributed by atoms with van der Waals surface area (Å²) in [5.74, 6) is -0.511. The minimum absolute atomic E-state index is 0.191. The van der Waals surface area contributed by atoms with Crippen LogP contribution in [-0.4, -0.2) is 40.8 Å². The van der Waals surface area contributed by atoms with Gasteiger partial charge in [-0.25, -0.2) is 0 Å². The van der Waals surface area contributed by atoms with Crippen molar-refractivity contribution in [3.8, 4) is 11.5 Å². The van der Waals surface area contributed by atoms with Gasteiger partial charge in [-0.15, -0.1) is 0 Å². The lowest BCUT2D eigenvalue weighted by Crippen LogP contribution is -2.44. The Morgan fingerprint density at radius 3 is 2.44 bits per heavy atom. The third-order valence-corrected chi connectivity index (χ3v) is 7.16. The van der Waals surface area contributed by atoms with Crippen molar-refractivity contribution < 1.29 is 23.9 Å². The van der Waals surface area contributed by atoms with Crippen LogP contribution < -0.4 is 20.2 Å². The molecule has 0 aromatic heterocycles. The van der Waals surface area contributed by atoms with Crippen LogP contribution in [0.1, 0.15) is 28.4 Å². The average Bonchev–Trinajstić information content (AvgIpc) is 3.20. The normalized spacial score (nSPS) is 13.9. The molecule has 1 fully saturated rings. The minimum Gasteiger partial charge on any atom is -0.493 e. The summed E-state index contributed by atoms with van der Waals surface area (Å²) in [5, 5.41) is 4.32. The molecule has 0 aliphatic carbocycles. The molecule has 0 atom stereocenters. The van der Waals surface area contributed by atoms with E-state index < -0.39 is 11.8 Å². The zero-order valence-electron chi connectivity index (χ0n) is 21.0. The molecule has 1 aliphatic rings. The maximum Gasteiger partial charge on any atom is 0.285 e. The summed E-state index contributed by atoms with van der Waals surface area (Å²) in [6.07, 6.45) is 2.55. The highest BCUT2D eigenvalue weighted by Crippen LogP contribution is 2.34. The molecule has 39 heavy (non-hydrogen) atoms. The Morgan fingerprint density at radius 1 is 1.05 bits per heavy atom. The molecule has 4 rings (SSSR count). The van der Waals surface area contributed by atoms with Crippen molar-refractivity contribution >= 4 is 69.4 Å². The summed E-state index contributed by atoms with van der Waals surface area (Å²) in [6, 6.07) is 18.9. The van der Waals surface area contributed by atoms with Crippen LogP contribution in [-0.2, 0) is 16.0 Å². The Morgan fingerprint density at radius 2 is 1.77 bits per heavy atom. The molecule has 1 aliphatic heterocycles. The number of aryl methyl sites for hydroxylation is 1. The lowest BCUT2D eigenvalue weighted by Gasteiger charge is -2.15. The van der Waals surface area contributed by atoms with Gasteiger partial charge in [0.15, 0.2) is 22.4 Å². The van der Waals surface area contributed by atoms with Gasteiger partial charge < -0.3 is 14.8 Å². The number of ether oxygens (including phenoxy) is 2. The van der Waals surface area contributed by atoms with E-state index in [1.54, 1.807) is 48.5 Å². The van der Waals surface area contributed by atoms with Gasteiger partial charge in [-0.1, -0.05) is 48.5 Å². The zero-order chi connectivity index (χ0) is 27.9.